The smallest absolute Gasteiger partial charge is 0.356 e. The molecule has 0 saturated heterocycles. The molecule has 0 bridgehead atoms. The molecule has 19 heavy (non-hydrogen) atoms. The van der Waals surface area contributed by atoms with E-state index in [1.165, 1.54) is 7.11 Å². The van der Waals surface area contributed by atoms with Gasteiger partial charge < -0.3 is 9.47 Å². The van der Waals surface area contributed by atoms with E-state index in [1.54, 1.807) is 6.07 Å². The SMILES string of the molecule is CCOc1ccc(C)cc1-c1cc(C(=O)OC)[nH]n1. The highest BCUT2D eigenvalue weighted by Gasteiger charge is 2.14. The second kappa shape index (κ2) is 5.56. The number of rotatable bonds is 4. The summed E-state index contributed by atoms with van der Waals surface area (Å²) < 4.78 is 10.2. The van der Waals surface area contributed by atoms with Crippen molar-refractivity contribution in [1.29, 1.82) is 0 Å². The third-order valence-electron chi connectivity index (χ3n) is 2.69. The van der Waals surface area contributed by atoms with Crippen molar-refractivity contribution in [3.8, 4) is 17.0 Å². The molecular formula is C14H16N2O3. The summed E-state index contributed by atoms with van der Waals surface area (Å²) >= 11 is 0. The number of H-pyrrole nitrogens is 1. The standard InChI is InChI=1S/C14H16N2O3/c1-4-19-13-6-5-9(2)7-10(13)11-8-12(16-15-11)14(17)18-3/h5-8H,4H2,1-3H3,(H,15,16). The lowest BCUT2D eigenvalue weighted by molar-refractivity contribution is 0.0594. The van der Waals surface area contributed by atoms with E-state index in [4.69, 9.17) is 4.74 Å². The molecule has 0 amide bonds. The molecule has 0 atom stereocenters. The van der Waals surface area contributed by atoms with Crippen LogP contribution in [0.15, 0.2) is 24.3 Å². The summed E-state index contributed by atoms with van der Waals surface area (Å²) in [4.78, 5) is 11.4. The number of carbonyl (C=O) groups is 1. The minimum Gasteiger partial charge on any atom is -0.493 e. The molecule has 0 fully saturated rings. The fourth-order valence-corrected chi connectivity index (χ4v) is 1.80. The zero-order chi connectivity index (χ0) is 13.8. The average molecular weight is 260 g/mol. The van der Waals surface area contributed by atoms with Crippen molar-refractivity contribution in [2.45, 2.75) is 13.8 Å². The Kier molecular flexibility index (Phi) is 3.85. The van der Waals surface area contributed by atoms with Gasteiger partial charge in [-0.25, -0.2) is 4.79 Å². The fraction of sp³-hybridized carbons (Fsp3) is 0.286. The summed E-state index contributed by atoms with van der Waals surface area (Å²) in [6.45, 7) is 4.49. The lowest BCUT2D eigenvalue weighted by Crippen LogP contribution is -2.00. The quantitative estimate of drug-likeness (QED) is 0.858. The predicted molar refractivity (Wildman–Crippen MR) is 71.3 cm³/mol. The molecule has 0 saturated carbocycles. The summed E-state index contributed by atoms with van der Waals surface area (Å²) in [5.74, 6) is 0.306. The number of nitrogens with one attached hydrogen (secondary N) is 1. The van der Waals surface area contributed by atoms with Crippen LogP contribution in [0.2, 0.25) is 0 Å². The number of ether oxygens (including phenoxy) is 2. The highest BCUT2D eigenvalue weighted by Crippen LogP contribution is 2.30. The number of methoxy groups -OCH3 is 1. The monoisotopic (exact) mass is 260 g/mol. The van der Waals surface area contributed by atoms with Crippen molar-refractivity contribution >= 4 is 5.97 Å². The molecule has 1 aromatic heterocycles. The Hall–Kier alpha value is -2.30. The Morgan fingerprint density at radius 2 is 2.16 bits per heavy atom. The highest BCUT2D eigenvalue weighted by molar-refractivity contribution is 5.88. The van der Waals surface area contributed by atoms with E-state index in [1.807, 2.05) is 32.0 Å². The maximum absolute atomic E-state index is 11.4. The van der Waals surface area contributed by atoms with Gasteiger partial charge in [0.15, 0.2) is 0 Å². The van der Waals surface area contributed by atoms with E-state index in [9.17, 15) is 4.79 Å². The first-order chi connectivity index (χ1) is 9.15. The van der Waals surface area contributed by atoms with Gasteiger partial charge in [-0.15, -0.1) is 0 Å². The maximum atomic E-state index is 11.4. The van der Waals surface area contributed by atoms with Gasteiger partial charge in [0.1, 0.15) is 11.4 Å². The van der Waals surface area contributed by atoms with Crippen LogP contribution in [0.4, 0.5) is 0 Å². The molecule has 1 N–H and O–H groups in total. The molecule has 0 aliphatic heterocycles. The Labute approximate surface area is 111 Å². The Morgan fingerprint density at radius 1 is 1.37 bits per heavy atom. The molecule has 0 aliphatic carbocycles. The van der Waals surface area contributed by atoms with Crippen molar-refractivity contribution < 1.29 is 14.3 Å². The van der Waals surface area contributed by atoms with Crippen LogP contribution in [0.1, 0.15) is 23.0 Å². The van der Waals surface area contributed by atoms with E-state index in [2.05, 4.69) is 14.9 Å². The number of nitrogens with zero attached hydrogens (tertiary/aromatic N) is 1. The lowest BCUT2D eigenvalue weighted by atomic mass is 10.1. The molecule has 1 aromatic carbocycles. The van der Waals surface area contributed by atoms with Crippen LogP contribution in [-0.4, -0.2) is 29.9 Å². The fourth-order valence-electron chi connectivity index (χ4n) is 1.80. The summed E-state index contributed by atoms with van der Waals surface area (Å²) in [5, 5.41) is 6.80. The van der Waals surface area contributed by atoms with E-state index in [-0.39, 0.29) is 0 Å². The first-order valence-electron chi connectivity index (χ1n) is 6.03. The van der Waals surface area contributed by atoms with E-state index in [0.29, 0.717) is 18.0 Å². The summed E-state index contributed by atoms with van der Waals surface area (Å²) in [7, 11) is 1.33. The first-order valence-corrected chi connectivity index (χ1v) is 6.03. The number of benzene rings is 1. The zero-order valence-corrected chi connectivity index (χ0v) is 11.2. The van der Waals surface area contributed by atoms with Gasteiger partial charge in [-0.05, 0) is 32.0 Å². The summed E-state index contributed by atoms with van der Waals surface area (Å²) in [5.41, 5.74) is 2.93. The van der Waals surface area contributed by atoms with Crippen molar-refractivity contribution in [3.05, 3.63) is 35.5 Å². The number of esters is 1. The number of aryl methyl sites for hydroxylation is 1. The molecule has 0 aliphatic rings. The number of hydrogen-bond acceptors (Lipinski definition) is 4. The number of aromatic nitrogens is 2. The van der Waals surface area contributed by atoms with E-state index < -0.39 is 5.97 Å². The van der Waals surface area contributed by atoms with Crippen molar-refractivity contribution in [2.75, 3.05) is 13.7 Å². The van der Waals surface area contributed by atoms with E-state index >= 15 is 0 Å². The number of hydrogen-bond donors (Lipinski definition) is 1. The van der Waals surface area contributed by atoms with E-state index in [0.717, 1.165) is 16.9 Å². The normalized spacial score (nSPS) is 10.3. The minimum absolute atomic E-state index is 0.321. The number of carbonyl (C=O) groups excluding carboxylic acids is 1. The van der Waals surface area contributed by atoms with Crippen molar-refractivity contribution in [1.82, 2.24) is 10.2 Å². The molecule has 1 heterocycles. The largest absolute Gasteiger partial charge is 0.493 e. The zero-order valence-electron chi connectivity index (χ0n) is 11.2. The molecular weight excluding hydrogens is 244 g/mol. The van der Waals surface area contributed by atoms with Crippen LogP contribution in [0.3, 0.4) is 0 Å². The lowest BCUT2D eigenvalue weighted by Gasteiger charge is -2.08. The highest BCUT2D eigenvalue weighted by atomic mass is 16.5. The van der Waals surface area contributed by atoms with Gasteiger partial charge in [0.2, 0.25) is 0 Å². The molecule has 5 nitrogen and oxygen atoms in total. The van der Waals surface area contributed by atoms with Gasteiger partial charge in [-0.1, -0.05) is 11.6 Å². The van der Waals surface area contributed by atoms with Gasteiger partial charge in [0.25, 0.3) is 0 Å². The third-order valence-corrected chi connectivity index (χ3v) is 2.69. The van der Waals surface area contributed by atoms with Crippen LogP contribution in [0, 0.1) is 6.92 Å². The van der Waals surface area contributed by atoms with Crippen LogP contribution >= 0.6 is 0 Å². The van der Waals surface area contributed by atoms with Crippen LogP contribution in [0.25, 0.3) is 11.3 Å². The molecule has 100 valence electrons. The summed E-state index contributed by atoms with van der Waals surface area (Å²) in [6, 6.07) is 7.51. The second-order valence-corrected chi connectivity index (χ2v) is 4.09. The third kappa shape index (κ3) is 2.76. The maximum Gasteiger partial charge on any atom is 0.356 e. The molecule has 2 aromatic rings. The van der Waals surface area contributed by atoms with Gasteiger partial charge in [-0.3, -0.25) is 5.10 Å². The van der Waals surface area contributed by atoms with Crippen LogP contribution in [0.5, 0.6) is 5.75 Å². The van der Waals surface area contributed by atoms with Gasteiger partial charge in [0.05, 0.1) is 19.4 Å². The van der Waals surface area contributed by atoms with Crippen molar-refractivity contribution in [2.24, 2.45) is 0 Å². The Balaban J connectivity index is 2.42. The van der Waals surface area contributed by atoms with Crippen LogP contribution < -0.4 is 4.74 Å². The molecule has 5 heteroatoms. The van der Waals surface area contributed by atoms with Gasteiger partial charge in [-0.2, -0.15) is 5.10 Å². The minimum atomic E-state index is -0.440. The first kappa shape index (κ1) is 13.1. The summed E-state index contributed by atoms with van der Waals surface area (Å²) in [6.07, 6.45) is 0. The molecule has 0 radical (unpaired) electrons. The average Bonchev–Trinajstić information content (AvgIpc) is 2.89. The number of aromatic amines is 1. The molecule has 0 unspecified atom stereocenters. The second-order valence-electron chi connectivity index (χ2n) is 4.09. The Bertz CT molecular complexity index is 590. The van der Waals surface area contributed by atoms with Gasteiger partial charge in [0, 0.05) is 5.56 Å². The van der Waals surface area contributed by atoms with Crippen molar-refractivity contribution in [3.63, 3.8) is 0 Å². The molecule has 2 rings (SSSR count). The Morgan fingerprint density at radius 3 is 2.84 bits per heavy atom. The predicted octanol–water partition coefficient (Wildman–Crippen LogP) is 2.57. The topological polar surface area (TPSA) is 64.2 Å². The molecule has 0 spiro atoms. The van der Waals surface area contributed by atoms with Gasteiger partial charge >= 0.3 is 5.97 Å². The van der Waals surface area contributed by atoms with Crippen LogP contribution in [-0.2, 0) is 4.74 Å².